The first-order chi connectivity index (χ1) is 8.22. The molecule has 4 nitrogen and oxygen atoms in total. The average molecular weight is 235 g/mol. The topological polar surface area (TPSA) is 68.0 Å². The summed E-state index contributed by atoms with van der Waals surface area (Å²) in [5.74, 6) is 0.0725. The minimum absolute atomic E-state index is 0.0725. The van der Waals surface area contributed by atoms with Crippen molar-refractivity contribution in [1.29, 1.82) is 0 Å². The number of rotatable bonds is 7. The first-order valence-electron chi connectivity index (χ1n) is 6.15. The van der Waals surface area contributed by atoms with E-state index in [-0.39, 0.29) is 5.91 Å². The van der Waals surface area contributed by atoms with Crippen LogP contribution < -0.4 is 11.1 Å². The normalized spacial score (nSPS) is 10.2. The Morgan fingerprint density at radius 2 is 2.12 bits per heavy atom. The fourth-order valence-corrected chi connectivity index (χ4v) is 1.63. The maximum absolute atomic E-state index is 11.6. The van der Waals surface area contributed by atoms with Crippen molar-refractivity contribution in [3.63, 3.8) is 0 Å². The molecular weight excluding hydrogens is 214 g/mol. The fraction of sp³-hybridized carbons (Fsp3) is 0.538. The maximum atomic E-state index is 11.6. The lowest BCUT2D eigenvalue weighted by atomic mass is 10.1. The zero-order valence-electron chi connectivity index (χ0n) is 10.4. The number of pyridine rings is 1. The van der Waals surface area contributed by atoms with Gasteiger partial charge in [0.15, 0.2) is 0 Å². The van der Waals surface area contributed by atoms with Crippen LogP contribution in [0.4, 0.5) is 5.69 Å². The van der Waals surface area contributed by atoms with Crippen LogP contribution in [0.2, 0.25) is 0 Å². The summed E-state index contributed by atoms with van der Waals surface area (Å²) >= 11 is 0. The van der Waals surface area contributed by atoms with Gasteiger partial charge < -0.3 is 11.1 Å². The highest BCUT2D eigenvalue weighted by Gasteiger charge is 2.02. The third-order valence-electron chi connectivity index (χ3n) is 2.54. The lowest BCUT2D eigenvalue weighted by Gasteiger charge is -2.05. The number of aryl methyl sites for hydroxylation is 1. The Balaban J connectivity index is 2.21. The highest BCUT2D eigenvalue weighted by molar-refractivity contribution is 5.90. The molecule has 1 rings (SSSR count). The maximum Gasteiger partial charge on any atom is 0.224 e. The Bertz CT molecular complexity index is 352. The largest absolute Gasteiger partial charge is 0.330 e. The average Bonchev–Trinajstić information content (AvgIpc) is 2.29. The van der Waals surface area contributed by atoms with Crippen molar-refractivity contribution in [2.75, 3.05) is 11.9 Å². The van der Waals surface area contributed by atoms with Gasteiger partial charge in [0.05, 0.1) is 0 Å². The van der Waals surface area contributed by atoms with Gasteiger partial charge in [-0.25, -0.2) is 0 Å². The van der Waals surface area contributed by atoms with Gasteiger partial charge in [0.2, 0.25) is 5.91 Å². The van der Waals surface area contributed by atoms with E-state index in [1.807, 2.05) is 13.0 Å². The molecule has 0 unspecified atom stereocenters. The van der Waals surface area contributed by atoms with Gasteiger partial charge in [0.1, 0.15) is 0 Å². The Kier molecular flexibility index (Phi) is 6.25. The second-order valence-corrected chi connectivity index (χ2v) is 4.19. The summed E-state index contributed by atoms with van der Waals surface area (Å²) in [4.78, 5) is 15.7. The first kappa shape index (κ1) is 13.6. The van der Waals surface area contributed by atoms with Crippen LogP contribution in [-0.2, 0) is 4.79 Å². The minimum atomic E-state index is 0.0725. The van der Waals surface area contributed by atoms with Crippen LogP contribution in [0.1, 0.15) is 37.8 Å². The van der Waals surface area contributed by atoms with E-state index >= 15 is 0 Å². The molecule has 0 radical (unpaired) electrons. The predicted octanol–water partition coefficient (Wildman–Crippen LogP) is 2.24. The van der Waals surface area contributed by atoms with E-state index < -0.39 is 0 Å². The number of amides is 1. The second-order valence-electron chi connectivity index (χ2n) is 4.19. The van der Waals surface area contributed by atoms with Gasteiger partial charge in [0.25, 0.3) is 0 Å². The number of anilines is 1. The molecule has 0 saturated carbocycles. The van der Waals surface area contributed by atoms with Crippen molar-refractivity contribution >= 4 is 11.6 Å². The quantitative estimate of drug-likeness (QED) is 0.712. The van der Waals surface area contributed by atoms with Gasteiger partial charge in [-0.3, -0.25) is 9.78 Å². The smallest absolute Gasteiger partial charge is 0.224 e. The standard InChI is InChI=1S/C13H21N3O/c1-11-10-12(7-9-15-11)16-13(17)6-4-2-3-5-8-14/h7,9-10H,2-6,8,14H2,1H3,(H,15,16,17). The van der Waals surface area contributed by atoms with Crippen LogP contribution in [0.3, 0.4) is 0 Å². The number of carbonyl (C=O) groups is 1. The highest BCUT2D eigenvalue weighted by atomic mass is 16.1. The van der Waals surface area contributed by atoms with Crippen LogP contribution in [0.25, 0.3) is 0 Å². The number of nitrogens with two attached hydrogens (primary N) is 1. The van der Waals surface area contributed by atoms with Gasteiger partial charge in [-0.05, 0) is 38.4 Å². The van der Waals surface area contributed by atoms with E-state index in [2.05, 4.69) is 10.3 Å². The van der Waals surface area contributed by atoms with Crippen molar-refractivity contribution in [1.82, 2.24) is 4.98 Å². The molecule has 0 atom stereocenters. The van der Waals surface area contributed by atoms with E-state index in [0.29, 0.717) is 6.42 Å². The third kappa shape index (κ3) is 6.02. The van der Waals surface area contributed by atoms with E-state index in [9.17, 15) is 4.79 Å². The van der Waals surface area contributed by atoms with Crippen LogP contribution >= 0.6 is 0 Å². The molecule has 0 saturated heterocycles. The molecule has 0 spiro atoms. The van der Waals surface area contributed by atoms with E-state index in [0.717, 1.165) is 43.6 Å². The van der Waals surface area contributed by atoms with E-state index in [1.165, 1.54) is 0 Å². The van der Waals surface area contributed by atoms with Crippen LogP contribution in [0.5, 0.6) is 0 Å². The van der Waals surface area contributed by atoms with E-state index in [4.69, 9.17) is 5.73 Å². The predicted molar refractivity (Wildman–Crippen MR) is 69.7 cm³/mol. The second kappa shape index (κ2) is 7.79. The lowest BCUT2D eigenvalue weighted by molar-refractivity contribution is -0.116. The van der Waals surface area contributed by atoms with Gasteiger partial charge in [0, 0.05) is 24.0 Å². The number of hydrogen-bond acceptors (Lipinski definition) is 3. The molecule has 17 heavy (non-hydrogen) atoms. The Morgan fingerprint density at radius 3 is 2.82 bits per heavy atom. The Labute approximate surface area is 103 Å². The number of aromatic nitrogens is 1. The summed E-state index contributed by atoms with van der Waals surface area (Å²) in [6.07, 6.45) is 6.43. The summed E-state index contributed by atoms with van der Waals surface area (Å²) in [5.41, 5.74) is 7.13. The molecule has 4 heteroatoms. The van der Waals surface area contributed by atoms with Gasteiger partial charge in [-0.1, -0.05) is 12.8 Å². The summed E-state index contributed by atoms with van der Waals surface area (Å²) in [7, 11) is 0. The molecule has 0 aromatic carbocycles. The SMILES string of the molecule is Cc1cc(NC(=O)CCCCCCN)ccn1. The van der Waals surface area contributed by atoms with Gasteiger partial charge >= 0.3 is 0 Å². The molecule has 1 aromatic rings. The molecule has 0 bridgehead atoms. The van der Waals surface area contributed by atoms with Crippen molar-refractivity contribution in [3.05, 3.63) is 24.0 Å². The molecule has 0 fully saturated rings. The first-order valence-corrected chi connectivity index (χ1v) is 6.15. The molecule has 0 aliphatic carbocycles. The van der Waals surface area contributed by atoms with Gasteiger partial charge in [-0.2, -0.15) is 0 Å². The Hall–Kier alpha value is -1.42. The molecule has 0 aliphatic heterocycles. The van der Waals surface area contributed by atoms with Crippen molar-refractivity contribution in [2.24, 2.45) is 5.73 Å². The number of unbranched alkanes of at least 4 members (excludes halogenated alkanes) is 3. The van der Waals surface area contributed by atoms with Crippen molar-refractivity contribution < 1.29 is 4.79 Å². The highest BCUT2D eigenvalue weighted by Crippen LogP contribution is 2.09. The molecule has 1 heterocycles. The number of nitrogens with one attached hydrogen (secondary N) is 1. The molecular formula is C13H21N3O. The Morgan fingerprint density at radius 1 is 1.35 bits per heavy atom. The summed E-state index contributed by atoms with van der Waals surface area (Å²) < 4.78 is 0. The van der Waals surface area contributed by atoms with Gasteiger partial charge in [-0.15, -0.1) is 0 Å². The summed E-state index contributed by atoms with van der Waals surface area (Å²) in [5, 5.41) is 2.87. The van der Waals surface area contributed by atoms with Crippen molar-refractivity contribution in [3.8, 4) is 0 Å². The monoisotopic (exact) mass is 235 g/mol. The van der Waals surface area contributed by atoms with E-state index in [1.54, 1.807) is 12.3 Å². The molecule has 94 valence electrons. The third-order valence-corrected chi connectivity index (χ3v) is 2.54. The van der Waals surface area contributed by atoms with Crippen LogP contribution in [0.15, 0.2) is 18.3 Å². The summed E-state index contributed by atoms with van der Waals surface area (Å²) in [6.45, 7) is 2.64. The summed E-state index contributed by atoms with van der Waals surface area (Å²) in [6, 6.07) is 3.67. The zero-order chi connectivity index (χ0) is 12.5. The van der Waals surface area contributed by atoms with Crippen LogP contribution in [-0.4, -0.2) is 17.4 Å². The molecule has 1 aromatic heterocycles. The zero-order valence-corrected chi connectivity index (χ0v) is 10.4. The number of nitrogens with zero attached hydrogens (tertiary/aromatic N) is 1. The number of hydrogen-bond donors (Lipinski definition) is 2. The molecule has 0 aliphatic rings. The molecule has 3 N–H and O–H groups in total. The van der Waals surface area contributed by atoms with Crippen LogP contribution in [0, 0.1) is 6.92 Å². The molecule has 1 amide bonds. The fourth-order valence-electron chi connectivity index (χ4n) is 1.63. The number of carbonyl (C=O) groups excluding carboxylic acids is 1. The minimum Gasteiger partial charge on any atom is -0.330 e. The van der Waals surface area contributed by atoms with Crippen molar-refractivity contribution in [2.45, 2.75) is 39.0 Å². The lowest BCUT2D eigenvalue weighted by Crippen LogP contribution is -2.11.